The highest BCUT2D eigenvalue weighted by molar-refractivity contribution is 5.36. The zero-order valence-corrected chi connectivity index (χ0v) is 16.6. The minimum absolute atomic E-state index is 0.0284. The molecule has 0 aliphatic carbocycles. The van der Waals surface area contributed by atoms with E-state index in [9.17, 15) is 10.1 Å². The van der Waals surface area contributed by atoms with E-state index in [1.807, 2.05) is 0 Å². The Labute approximate surface area is 174 Å². The van der Waals surface area contributed by atoms with Crippen LogP contribution in [-0.4, -0.2) is 53.5 Å². The van der Waals surface area contributed by atoms with Gasteiger partial charge in [-0.2, -0.15) is 0 Å². The number of nitro groups is 1. The van der Waals surface area contributed by atoms with Gasteiger partial charge in [0.1, 0.15) is 18.4 Å². The Morgan fingerprint density at radius 2 is 1.37 bits per heavy atom. The first kappa shape index (κ1) is 21.7. The maximum Gasteiger partial charge on any atom is 0.287 e. The van der Waals surface area contributed by atoms with Crippen LogP contribution in [0.3, 0.4) is 0 Å². The first-order valence-corrected chi connectivity index (χ1v) is 9.91. The van der Waals surface area contributed by atoms with E-state index in [1.54, 1.807) is 18.3 Å². The number of nitrogens with zero attached hydrogens (tertiary/aromatic N) is 3. The lowest BCUT2D eigenvalue weighted by molar-refractivity contribution is -0.385. The van der Waals surface area contributed by atoms with Crippen LogP contribution in [0, 0.1) is 10.1 Å². The molecular formula is C20H26N4O6. The monoisotopic (exact) mass is 418 g/mol. The van der Waals surface area contributed by atoms with E-state index in [0.29, 0.717) is 30.7 Å². The number of pyridine rings is 2. The van der Waals surface area contributed by atoms with Gasteiger partial charge in [0.25, 0.3) is 5.69 Å². The zero-order chi connectivity index (χ0) is 21.2. The fourth-order valence-corrected chi connectivity index (χ4v) is 2.94. The smallest absolute Gasteiger partial charge is 0.287 e. The standard InChI is InChI=1S/C10H12N2O4.C10H14N2O2/c13-12(14)8-1-2-10(11-7-8)16-9-3-5-15-6-4-9;11-8-1-2-10(12-7-8)14-9-3-5-13-6-4-9/h1-2,7,9H,3-6H2;1-2,7,9H,3-6,11H2. The van der Waals surface area contributed by atoms with Crippen molar-refractivity contribution in [3.05, 3.63) is 46.8 Å². The molecule has 4 rings (SSSR count). The van der Waals surface area contributed by atoms with Crippen LogP contribution in [0.4, 0.5) is 11.4 Å². The summed E-state index contributed by atoms with van der Waals surface area (Å²) in [6.07, 6.45) is 6.68. The molecular weight excluding hydrogens is 392 g/mol. The van der Waals surface area contributed by atoms with Crippen molar-refractivity contribution in [3.63, 3.8) is 0 Å². The number of nitrogens with two attached hydrogens (primary N) is 1. The first-order chi connectivity index (χ1) is 14.6. The summed E-state index contributed by atoms with van der Waals surface area (Å²) in [5.74, 6) is 1.07. The van der Waals surface area contributed by atoms with Gasteiger partial charge in [-0.05, 0) is 6.07 Å². The fourth-order valence-electron chi connectivity index (χ4n) is 2.94. The lowest BCUT2D eigenvalue weighted by Crippen LogP contribution is -2.26. The van der Waals surface area contributed by atoms with Crippen LogP contribution >= 0.6 is 0 Å². The molecule has 2 N–H and O–H groups in total. The average Bonchev–Trinajstić information content (AvgIpc) is 2.78. The van der Waals surface area contributed by atoms with Crippen molar-refractivity contribution in [2.24, 2.45) is 0 Å². The van der Waals surface area contributed by atoms with E-state index in [2.05, 4.69) is 9.97 Å². The quantitative estimate of drug-likeness (QED) is 0.575. The van der Waals surface area contributed by atoms with Crippen molar-refractivity contribution in [2.45, 2.75) is 37.9 Å². The third-order valence-electron chi connectivity index (χ3n) is 4.60. The summed E-state index contributed by atoms with van der Waals surface area (Å²) in [6, 6.07) is 6.50. The second kappa shape index (κ2) is 11.3. The molecule has 2 aliphatic rings. The second-order valence-electron chi connectivity index (χ2n) is 6.90. The van der Waals surface area contributed by atoms with Crippen LogP contribution in [0.2, 0.25) is 0 Å². The number of hydrogen-bond acceptors (Lipinski definition) is 9. The maximum atomic E-state index is 10.4. The molecule has 2 aromatic heterocycles. The number of anilines is 1. The molecule has 2 aromatic rings. The normalized spacial score (nSPS) is 17.5. The van der Waals surface area contributed by atoms with Crippen molar-refractivity contribution in [2.75, 3.05) is 32.2 Å². The number of hydrogen-bond donors (Lipinski definition) is 1. The SMILES string of the molecule is Nc1ccc(OC2CCOCC2)nc1.O=[N+]([O-])c1ccc(OC2CCOCC2)nc1. The van der Waals surface area contributed by atoms with Gasteiger partial charge in [-0.3, -0.25) is 10.1 Å². The van der Waals surface area contributed by atoms with Crippen molar-refractivity contribution in [3.8, 4) is 11.8 Å². The molecule has 30 heavy (non-hydrogen) atoms. The molecule has 2 aliphatic heterocycles. The summed E-state index contributed by atoms with van der Waals surface area (Å²) in [7, 11) is 0. The number of aromatic nitrogens is 2. The molecule has 0 bridgehead atoms. The predicted molar refractivity (Wildman–Crippen MR) is 108 cm³/mol. The van der Waals surface area contributed by atoms with Crippen LogP contribution in [0.15, 0.2) is 36.7 Å². The molecule has 2 saturated heterocycles. The lowest BCUT2D eigenvalue weighted by atomic mass is 10.1. The molecule has 0 atom stereocenters. The summed E-state index contributed by atoms with van der Waals surface area (Å²) in [6.45, 7) is 2.94. The Morgan fingerprint density at radius 1 is 0.867 bits per heavy atom. The van der Waals surface area contributed by atoms with Gasteiger partial charge in [0.05, 0.1) is 43.2 Å². The summed E-state index contributed by atoms with van der Waals surface area (Å²) in [5, 5.41) is 10.4. The van der Waals surface area contributed by atoms with Crippen LogP contribution in [0.5, 0.6) is 11.8 Å². The van der Waals surface area contributed by atoms with Gasteiger partial charge in [0, 0.05) is 43.9 Å². The van der Waals surface area contributed by atoms with Crippen LogP contribution in [0.25, 0.3) is 0 Å². The van der Waals surface area contributed by atoms with Gasteiger partial charge in [0.2, 0.25) is 11.8 Å². The Morgan fingerprint density at radius 3 is 1.77 bits per heavy atom. The van der Waals surface area contributed by atoms with Gasteiger partial charge in [-0.1, -0.05) is 0 Å². The minimum atomic E-state index is -0.481. The van der Waals surface area contributed by atoms with E-state index in [4.69, 9.17) is 24.7 Å². The molecule has 10 heteroatoms. The Hall–Kier alpha value is -2.98. The molecule has 0 radical (unpaired) electrons. The highest BCUT2D eigenvalue weighted by atomic mass is 16.6. The molecule has 0 spiro atoms. The third kappa shape index (κ3) is 7.12. The second-order valence-corrected chi connectivity index (χ2v) is 6.90. The van der Waals surface area contributed by atoms with Crippen molar-refractivity contribution >= 4 is 11.4 Å². The van der Waals surface area contributed by atoms with Crippen LogP contribution in [-0.2, 0) is 9.47 Å². The molecule has 10 nitrogen and oxygen atoms in total. The molecule has 0 aromatic carbocycles. The minimum Gasteiger partial charge on any atom is -0.474 e. The van der Waals surface area contributed by atoms with Gasteiger partial charge in [-0.25, -0.2) is 9.97 Å². The zero-order valence-electron chi connectivity index (χ0n) is 16.6. The molecule has 0 amide bonds. The first-order valence-electron chi connectivity index (χ1n) is 9.91. The Bertz CT molecular complexity index is 775. The van der Waals surface area contributed by atoms with E-state index < -0.39 is 4.92 Å². The molecule has 162 valence electrons. The summed E-state index contributed by atoms with van der Waals surface area (Å²) < 4.78 is 21.7. The van der Waals surface area contributed by atoms with Crippen molar-refractivity contribution < 1.29 is 23.9 Å². The van der Waals surface area contributed by atoms with Crippen LogP contribution < -0.4 is 15.2 Å². The number of ether oxygens (including phenoxy) is 4. The summed E-state index contributed by atoms with van der Waals surface area (Å²) >= 11 is 0. The predicted octanol–water partition coefficient (Wildman–Crippen LogP) is 2.77. The summed E-state index contributed by atoms with van der Waals surface area (Å²) in [5.41, 5.74) is 6.15. The lowest BCUT2D eigenvalue weighted by Gasteiger charge is -2.22. The third-order valence-corrected chi connectivity index (χ3v) is 4.60. The molecule has 0 saturated carbocycles. The highest BCUT2D eigenvalue weighted by Crippen LogP contribution is 2.18. The van der Waals surface area contributed by atoms with Gasteiger partial charge in [0.15, 0.2) is 0 Å². The number of rotatable bonds is 5. The largest absolute Gasteiger partial charge is 0.474 e. The maximum absolute atomic E-state index is 10.4. The van der Waals surface area contributed by atoms with Gasteiger partial charge < -0.3 is 24.7 Å². The van der Waals surface area contributed by atoms with E-state index in [0.717, 1.165) is 38.9 Å². The fraction of sp³-hybridized carbons (Fsp3) is 0.500. The van der Waals surface area contributed by atoms with Crippen LogP contribution in [0.1, 0.15) is 25.7 Å². The Kier molecular flexibility index (Phi) is 8.16. The summed E-state index contributed by atoms with van der Waals surface area (Å²) in [4.78, 5) is 17.9. The Balaban J connectivity index is 0.000000172. The van der Waals surface area contributed by atoms with Gasteiger partial charge in [-0.15, -0.1) is 0 Å². The average molecular weight is 418 g/mol. The number of nitrogen functional groups attached to an aromatic ring is 1. The van der Waals surface area contributed by atoms with E-state index >= 15 is 0 Å². The van der Waals surface area contributed by atoms with Crippen molar-refractivity contribution in [1.29, 1.82) is 0 Å². The molecule has 0 unspecified atom stereocenters. The van der Waals surface area contributed by atoms with Crippen molar-refractivity contribution in [1.82, 2.24) is 9.97 Å². The van der Waals surface area contributed by atoms with E-state index in [1.165, 1.54) is 18.3 Å². The molecule has 2 fully saturated rings. The highest BCUT2D eigenvalue weighted by Gasteiger charge is 2.17. The topological polar surface area (TPSA) is 132 Å². The van der Waals surface area contributed by atoms with E-state index in [-0.39, 0.29) is 17.9 Å². The molecule has 4 heterocycles. The van der Waals surface area contributed by atoms with Gasteiger partial charge >= 0.3 is 0 Å².